The molecule has 1 heterocycles. The smallest absolute Gasteiger partial charge is 0.251 e. The maximum atomic E-state index is 12.2. The molecule has 0 saturated heterocycles. The Hall–Kier alpha value is -3.42. The van der Waals surface area contributed by atoms with E-state index in [1.807, 2.05) is 24.3 Å². The van der Waals surface area contributed by atoms with Gasteiger partial charge in [0.1, 0.15) is 11.5 Å². The molecular weight excluding hydrogens is 322 g/mol. The molecule has 0 atom stereocenters. The first kappa shape index (κ1) is 16.4. The Balaban J connectivity index is 1.69. The van der Waals surface area contributed by atoms with E-state index in [0.717, 1.165) is 11.4 Å². The Kier molecular flexibility index (Phi) is 4.89. The van der Waals surface area contributed by atoms with Crippen molar-refractivity contribution in [2.75, 3.05) is 14.2 Å². The van der Waals surface area contributed by atoms with E-state index in [0.29, 0.717) is 17.1 Å². The Morgan fingerprint density at radius 2 is 1.60 bits per heavy atom. The number of nitrogens with zero attached hydrogens (tertiary/aromatic N) is 4. The van der Waals surface area contributed by atoms with Gasteiger partial charge in [0, 0.05) is 5.56 Å². The fourth-order valence-electron chi connectivity index (χ4n) is 2.24. The van der Waals surface area contributed by atoms with Crippen molar-refractivity contribution in [1.29, 1.82) is 0 Å². The summed E-state index contributed by atoms with van der Waals surface area (Å²) in [5, 5.41) is 14.4. The number of hydrogen-bond acceptors (Lipinski definition) is 6. The van der Waals surface area contributed by atoms with Gasteiger partial charge in [-0.2, -0.15) is 4.68 Å². The third-order valence-electron chi connectivity index (χ3n) is 3.61. The lowest BCUT2D eigenvalue weighted by atomic mass is 10.2. The average molecular weight is 339 g/mol. The number of ether oxygens (including phenoxy) is 2. The summed E-state index contributed by atoms with van der Waals surface area (Å²) >= 11 is 0. The Morgan fingerprint density at radius 1 is 1.00 bits per heavy atom. The van der Waals surface area contributed by atoms with Crippen molar-refractivity contribution in [2.45, 2.75) is 6.54 Å². The summed E-state index contributed by atoms with van der Waals surface area (Å²) in [6, 6.07) is 14.2. The molecule has 0 aliphatic carbocycles. The first-order valence-corrected chi connectivity index (χ1v) is 7.55. The number of rotatable bonds is 6. The zero-order chi connectivity index (χ0) is 17.6. The van der Waals surface area contributed by atoms with E-state index in [4.69, 9.17) is 9.47 Å². The zero-order valence-corrected chi connectivity index (χ0v) is 13.8. The van der Waals surface area contributed by atoms with Gasteiger partial charge in [-0.25, -0.2) is 0 Å². The molecule has 128 valence electrons. The lowest BCUT2D eigenvalue weighted by molar-refractivity contribution is 0.0949. The van der Waals surface area contributed by atoms with Crippen LogP contribution in [0.4, 0.5) is 0 Å². The number of carbonyl (C=O) groups is 1. The largest absolute Gasteiger partial charge is 0.497 e. The normalized spacial score (nSPS) is 10.3. The SMILES string of the molecule is COc1ccc(C(=O)NCc2nnnn2-c2ccc(OC)cc2)cc1. The third-order valence-corrected chi connectivity index (χ3v) is 3.61. The van der Waals surface area contributed by atoms with Crippen molar-refractivity contribution < 1.29 is 14.3 Å². The van der Waals surface area contributed by atoms with E-state index in [1.54, 1.807) is 43.2 Å². The predicted molar refractivity (Wildman–Crippen MR) is 89.9 cm³/mol. The van der Waals surface area contributed by atoms with Crippen molar-refractivity contribution >= 4 is 5.91 Å². The van der Waals surface area contributed by atoms with Gasteiger partial charge in [0.15, 0.2) is 5.82 Å². The average Bonchev–Trinajstić information content (AvgIpc) is 3.15. The van der Waals surface area contributed by atoms with Gasteiger partial charge in [-0.15, -0.1) is 5.10 Å². The van der Waals surface area contributed by atoms with E-state index in [1.165, 1.54) is 0 Å². The van der Waals surface area contributed by atoms with Gasteiger partial charge >= 0.3 is 0 Å². The minimum absolute atomic E-state index is 0.198. The topological polar surface area (TPSA) is 91.2 Å². The van der Waals surface area contributed by atoms with Gasteiger partial charge in [0.2, 0.25) is 0 Å². The lowest BCUT2D eigenvalue weighted by Gasteiger charge is -2.07. The van der Waals surface area contributed by atoms with Crippen LogP contribution in [0.2, 0.25) is 0 Å². The molecule has 0 unspecified atom stereocenters. The molecule has 8 heteroatoms. The Morgan fingerprint density at radius 3 is 2.20 bits per heavy atom. The summed E-state index contributed by atoms with van der Waals surface area (Å²) in [5.74, 6) is 1.74. The van der Waals surface area contributed by atoms with Crippen LogP contribution in [-0.2, 0) is 6.54 Å². The number of nitrogens with one attached hydrogen (secondary N) is 1. The number of carbonyl (C=O) groups excluding carboxylic acids is 1. The third kappa shape index (κ3) is 3.74. The number of amides is 1. The molecule has 0 fully saturated rings. The predicted octanol–water partition coefficient (Wildman–Crippen LogP) is 1.61. The van der Waals surface area contributed by atoms with Gasteiger partial charge in [-0.05, 0) is 59.0 Å². The minimum Gasteiger partial charge on any atom is -0.497 e. The van der Waals surface area contributed by atoms with E-state index in [2.05, 4.69) is 20.8 Å². The number of aromatic nitrogens is 4. The monoisotopic (exact) mass is 339 g/mol. The molecule has 3 rings (SSSR count). The van der Waals surface area contributed by atoms with Crippen LogP contribution >= 0.6 is 0 Å². The second kappa shape index (κ2) is 7.43. The number of benzene rings is 2. The van der Waals surface area contributed by atoms with Crippen LogP contribution in [0.5, 0.6) is 11.5 Å². The summed E-state index contributed by atoms with van der Waals surface area (Å²) in [6.07, 6.45) is 0. The summed E-state index contributed by atoms with van der Waals surface area (Å²) in [7, 11) is 3.18. The standard InChI is InChI=1S/C17H17N5O3/c1-24-14-7-3-12(4-8-14)17(23)18-11-16-19-20-21-22(16)13-5-9-15(25-2)10-6-13/h3-10H,11H2,1-2H3,(H,18,23). The van der Waals surface area contributed by atoms with E-state index >= 15 is 0 Å². The molecule has 8 nitrogen and oxygen atoms in total. The van der Waals surface area contributed by atoms with Gasteiger partial charge < -0.3 is 14.8 Å². The quantitative estimate of drug-likeness (QED) is 0.734. The number of tetrazole rings is 1. The van der Waals surface area contributed by atoms with Crippen molar-refractivity contribution in [1.82, 2.24) is 25.5 Å². The molecule has 3 aromatic rings. The van der Waals surface area contributed by atoms with Gasteiger partial charge in [-0.1, -0.05) is 0 Å². The number of methoxy groups -OCH3 is 2. The van der Waals surface area contributed by atoms with E-state index < -0.39 is 0 Å². The van der Waals surface area contributed by atoms with Gasteiger partial charge in [0.25, 0.3) is 5.91 Å². The second-order valence-electron chi connectivity index (χ2n) is 5.12. The lowest BCUT2D eigenvalue weighted by Crippen LogP contribution is -2.24. The molecule has 1 amide bonds. The molecule has 0 bridgehead atoms. The molecule has 1 N–H and O–H groups in total. The Bertz CT molecular complexity index is 843. The van der Waals surface area contributed by atoms with Crippen LogP contribution in [0.15, 0.2) is 48.5 Å². The van der Waals surface area contributed by atoms with Crippen LogP contribution in [0.1, 0.15) is 16.2 Å². The first-order chi connectivity index (χ1) is 12.2. The second-order valence-corrected chi connectivity index (χ2v) is 5.12. The van der Waals surface area contributed by atoms with Crippen LogP contribution in [0.25, 0.3) is 5.69 Å². The molecule has 25 heavy (non-hydrogen) atoms. The highest BCUT2D eigenvalue weighted by molar-refractivity contribution is 5.94. The highest BCUT2D eigenvalue weighted by Crippen LogP contribution is 2.15. The summed E-state index contributed by atoms with van der Waals surface area (Å²) in [4.78, 5) is 12.2. The summed E-state index contributed by atoms with van der Waals surface area (Å²) in [5.41, 5.74) is 1.31. The molecule has 0 spiro atoms. The van der Waals surface area contributed by atoms with Crippen molar-refractivity contribution in [3.8, 4) is 17.2 Å². The van der Waals surface area contributed by atoms with E-state index in [-0.39, 0.29) is 12.5 Å². The van der Waals surface area contributed by atoms with Crippen molar-refractivity contribution in [2.24, 2.45) is 0 Å². The molecule has 0 aliphatic rings. The minimum atomic E-state index is -0.216. The van der Waals surface area contributed by atoms with Gasteiger partial charge in [-0.3, -0.25) is 4.79 Å². The van der Waals surface area contributed by atoms with E-state index in [9.17, 15) is 4.79 Å². The molecule has 1 aromatic heterocycles. The van der Waals surface area contributed by atoms with Crippen LogP contribution in [0, 0.1) is 0 Å². The fourth-order valence-corrected chi connectivity index (χ4v) is 2.24. The molecule has 0 saturated carbocycles. The Labute approximate surface area is 144 Å². The molecular formula is C17H17N5O3. The molecule has 0 radical (unpaired) electrons. The first-order valence-electron chi connectivity index (χ1n) is 7.55. The molecule has 2 aromatic carbocycles. The highest BCUT2D eigenvalue weighted by Gasteiger charge is 2.11. The van der Waals surface area contributed by atoms with Crippen LogP contribution < -0.4 is 14.8 Å². The maximum absolute atomic E-state index is 12.2. The highest BCUT2D eigenvalue weighted by atomic mass is 16.5. The van der Waals surface area contributed by atoms with Crippen molar-refractivity contribution in [3.63, 3.8) is 0 Å². The van der Waals surface area contributed by atoms with Crippen LogP contribution in [-0.4, -0.2) is 40.3 Å². The zero-order valence-electron chi connectivity index (χ0n) is 13.8. The fraction of sp³-hybridized carbons (Fsp3) is 0.176. The summed E-state index contributed by atoms with van der Waals surface area (Å²) in [6.45, 7) is 0.198. The van der Waals surface area contributed by atoms with Crippen molar-refractivity contribution in [3.05, 3.63) is 59.9 Å². The van der Waals surface area contributed by atoms with Gasteiger partial charge in [0.05, 0.1) is 26.5 Å². The molecule has 0 aliphatic heterocycles. The van der Waals surface area contributed by atoms with Crippen LogP contribution in [0.3, 0.4) is 0 Å². The number of hydrogen-bond donors (Lipinski definition) is 1. The maximum Gasteiger partial charge on any atom is 0.251 e. The summed E-state index contributed by atoms with van der Waals surface area (Å²) < 4.78 is 11.8.